The Labute approximate surface area is 212 Å². The molecular weight excluding hydrogens is 486 g/mol. The van der Waals surface area contributed by atoms with Gasteiger partial charge in [-0.15, -0.1) is 10.2 Å². The van der Waals surface area contributed by atoms with E-state index in [1.807, 2.05) is 0 Å². The lowest BCUT2D eigenvalue weighted by Gasteiger charge is -2.38. The number of benzene rings is 1. The van der Waals surface area contributed by atoms with Crippen LogP contribution in [0.2, 0.25) is 0 Å². The number of hydrogen-bond acceptors (Lipinski definition) is 11. The average Bonchev–Trinajstić information content (AvgIpc) is 3.29. The monoisotopic (exact) mass is 513 g/mol. The zero-order valence-corrected chi connectivity index (χ0v) is 21.9. The maximum Gasteiger partial charge on any atom is 0.219 e. The van der Waals surface area contributed by atoms with Crippen molar-refractivity contribution in [2.45, 2.75) is 48.6 Å². The highest BCUT2D eigenvalue weighted by atomic mass is 32.2. The van der Waals surface area contributed by atoms with Crippen LogP contribution in [0, 0.1) is 11.3 Å². The molecule has 1 aliphatic heterocycles. The third-order valence-corrected chi connectivity index (χ3v) is 7.88. The topological polar surface area (TPSA) is 124 Å². The fourth-order valence-corrected chi connectivity index (χ4v) is 6.54. The number of ketones is 1. The molecule has 1 aromatic heterocycles. The number of nitrogens with zero attached hydrogens (tertiary/aromatic N) is 4. The van der Waals surface area contributed by atoms with Crippen molar-refractivity contribution in [3.8, 4) is 23.3 Å². The molecule has 1 aromatic carbocycles. The van der Waals surface area contributed by atoms with Gasteiger partial charge in [0.25, 0.3) is 0 Å². The van der Waals surface area contributed by atoms with E-state index in [2.05, 4.69) is 30.1 Å². The van der Waals surface area contributed by atoms with Crippen molar-refractivity contribution in [2.75, 3.05) is 26.2 Å². The van der Waals surface area contributed by atoms with Gasteiger partial charge in [-0.1, -0.05) is 36.9 Å². The second-order valence-electron chi connectivity index (χ2n) is 8.28. The number of ether oxygens (including phenoxy) is 3. The van der Waals surface area contributed by atoms with Gasteiger partial charge in [0.15, 0.2) is 21.6 Å². The number of anilines is 1. The van der Waals surface area contributed by atoms with Crippen LogP contribution >= 0.6 is 23.1 Å². The molecule has 11 heteroatoms. The summed E-state index contributed by atoms with van der Waals surface area (Å²) < 4.78 is 17.4. The van der Waals surface area contributed by atoms with E-state index in [1.165, 1.54) is 32.7 Å². The first kappa shape index (κ1) is 24.9. The molecule has 4 rings (SSSR count). The largest absolute Gasteiger partial charge is 0.496 e. The summed E-state index contributed by atoms with van der Waals surface area (Å²) in [5, 5.41) is 19.8. The highest BCUT2D eigenvalue weighted by molar-refractivity contribution is 8.01. The van der Waals surface area contributed by atoms with Gasteiger partial charge < -0.3 is 19.9 Å². The van der Waals surface area contributed by atoms with Gasteiger partial charge in [0.1, 0.15) is 11.6 Å². The van der Waals surface area contributed by atoms with Gasteiger partial charge in [0, 0.05) is 34.6 Å². The molecule has 2 heterocycles. The number of methoxy groups -OCH3 is 3. The van der Waals surface area contributed by atoms with Crippen LogP contribution in [0.1, 0.15) is 44.6 Å². The van der Waals surface area contributed by atoms with Crippen LogP contribution in [0.5, 0.6) is 17.2 Å². The minimum absolute atomic E-state index is 0.0281. The Morgan fingerprint density at radius 3 is 2.46 bits per heavy atom. The second-order valence-corrected chi connectivity index (χ2v) is 11.1. The number of hydrogen-bond donors (Lipinski definition) is 1. The molecule has 0 bridgehead atoms. The van der Waals surface area contributed by atoms with E-state index in [0.717, 1.165) is 10.0 Å². The van der Waals surface area contributed by atoms with E-state index in [0.29, 0.717) is 58.0 Å². The lowest BCUT2D eigenvalue weighted by molar-refractivity contribution is -0.116. The van der Waals surface area contributed by atoms with Gasteiger partial charge >= 0.3 is 0 Å². The minimum Gasteiger partial charge on any atom is -0.496 e. The van der Waals surface area contributed by atoms with E-state index in [1.54, 1.807) is 28.8 Å². The molecule has 0 fully saturated rings. The van der Waals surface area contributed by atoms with E-state index >= 15 is 0 Å². The van der Waals surface area contributed by atoms with Crippen LogP contribution in [-0.2, 0) is 4.79 Å². The molecule has 2 N–H and O–H groups in total. The fraction of sp³-hybridized carbons (Fsp3) is 0.417. The average molecular weight is 514 g/mol. The molecule has 0 saturated heterocycles. The van der Waals surface area contributed by atoms with Crippen LogP contribution < -0.4 is 24.8 Å². The Bertz CT molecular complexity index is 1260. The zero-order valence-electron chi connectivity index (χ0n) is 20.2. The highest BCUT2D eigenvalue weighted by Gasteiger charge is 2.42. The minimum atomic E-state index is -0.703. The number of rotatable bonds is 7. The zero-order chi connectivity index (χ0) is 25.3. The highest BCUT2D eigenvalue weighted by Crippen LogP contribution is 2.50. The van der Waals surface area contributed by atoms with Gasteiger partial charge in [-0.05, 0) is 18.9 Å². The normalized spacial score (nSPS) is 18.0. The summed E-state index contributed by atoms with van der Waals surface area (Å²) in [5.41, 5.74) is 8.78. The smallest absolute Gasteiger partial charge is 0.219 e. The number of thioether (sulfide) groups is 1. The third-order valence-electron chi connectivity index (χ3n) is 5.88. The van der Waals surface area contributed by atoms with Gasteiger partial charge in [-0.3, -0.25) is 9.69 Å². The number of carbonyl (C=O) groups is 1. The van der Waals surface area contributed by atoms with Crippen LogP contribution in [0.3, 0.4) is 0 Å². The van der Waals surface area contributed by atoms with Crippen molar-refractivity contribution in [2.24, 2.45) is 5.73 Å². The van der Waals surface area contributed by atoms with Crippen molar-refractivity contribution in [1.82, 2.24) is 10.2 Å². The van der Waals surface area contributed by atoms with E-state index in [4.69, 9.17) is 19.9 Å². The molecule has 35 heavy (non-hydrogen) atoms. The quantitative estimate of drug-likeness (QED) is 0.534. The second kappa shape index (κ2) is 10.2. The summed E-state index contributed by atoms with van der Waals surface area (Å²) in [6.07, 6.45) is 1.70. The molecule has 1 atom stereocenters. The van der Waals surface area contributed by atoms with E-state index in [9.17, 15) is 10.1 Å². The van der Waals surface area contributed by atoms with Crippen molar-refractivity contribution >= 4 is 34.0 Å². The first-order valence-corrected chi connectivity index (χ1v) is 12.8. The number of aromatic nitrogens is 2. The summed E-state index contributed by atoms with van der Waals surface area (Å²) in [4.78, 5) is 15.1. The van der Waals surface area contributed by atoms with Crippen LogP contribution in [0.4, 0.5) is 5.13 Å². The third kappa shape index (κ3) is 4.44. The number of nitriles is 1. The maximum atomic E-state index is 13.4. The first-order valence-electron chi connectivity index (χ1n) is 11.1. The predicted molar refractivity (Wildman–Crippen MR) is 135 cm³/mol. The summed E-state index contributed by atoms with van der Waals surface area (Å²) in [5.74, 6) is 0.921. The standard InChI is InChI=1S/C24H27N5O4S2/c1-12(2)34-24-28-27-23(35-24)29-15-7-6-8-16(30)21(15)20(14(11-25)22(29)26)13-9-18(32-4)19(33-5)10-17(13)31-3/h9-10,12,20H,6-8,26H2,1-5H3. The molecule has 0 radical (unpaired) electrons. The molecule has 2 aliphatic rings. The van der Waals surface area contributed by atoms with Crippen molar-refractivity contribution < 1.29 is 19.0 Å². The summed E-state index contributed by atoms with van der Waals surface area (Å²) >= 11 is 2.99. The lowest BCUT2D eigenvalue weighted by atomic mass is 9.75. The van der Waals surface area contributed by atoms with Gasteiger partial charge in [-0.25, -0.2) is 0 Å². The summed E-state index contributed by atoms with van der Waals surface area (Å²) in [6.45, 7) is 4.16. The number of nitrogens with two attached hydrogens (primary N) is 1. The van der Waals surface area contributed by atoms with Crippen LogP contribution in [0.25, 0.3) is 0 Å². The molecule has 1 aliphatic carbocycles. The molecule has 0 saturated carbocycles. The number of Topliss-reactive ketones (excluding diaryl/α,β-unsaturated/α-hetero) is 1. The predicted octanol–water partition coefficient (Wildman–Crippen LogP) is 4.37. The fourth-order valence-electron chi connectivity index (χ4n) is 4.44. The van der Waals surface area contributed by atoms with Crippen molar-refractivity contribution in [3.63, 3.8) is 0 Å². The van der Waals surface area contributed by atoms with Crippen LogP contribution in [-0.4, -0.2) is 42.6 Å². The molecule has 0 amide bonds. The maximum absolute atomic E-state index is 13.4. The summed E-state index contributed by atoms with van der Waals surface area (Å²) in [6, 6.07) is 5.70. The molecular formula is C24H27N5O4S2. The van der Waals surface area contributed by atoms with E-state index in [-0.39, 0.29) is 17.2 Å². The molecule has 184 valence electrons. The molecule has 2 aromatic rings. The molecule has 0 spiro atoms. The Kier molecular flexibility index (Phi) is 7.23. The van der Waals surface area contributed by atoms with Gasteiger partial charge in [0.05, 0.1) is 38.9 Å². The molecule has 9 nitrogen and oxygen atoms in total. The van der Waals surface area contributed by atoms with Crippen LogP contribution in [0.15, 0.2) is 39.1 Å². The van der Waals surface area contributed by atoms with Gasteiger partial charge in [-0.2, -0.15) is 5.26 Å². The Morgan fingerprint density at radius 2 is 1.83 bits per heavy atom. The first-order chi connectivity index (χ1) is 16.8. The number of allylic oxidation sites excluding steroid dienone is 3. The Morgan fingerprint density at radius 1 is 1.14 bits per heavy atom. The Balaban J connectivity index is 1.94. The van der Waals surface area contributed by atoms with Gasteiger partial charge in [0.2, 0.25) is 5.13 Å². The molecule has 1 unspecified atom stereocenters. The van der Waals surface area contributed by atoms with Crippen molar-refractivity contribution in [1.29, 1.82) is 5.26 Å². The number of carbonyl (C=O) groups excluding carboxylic acids is 1. The van der Waals surface area contributed by atoms with Crippen molar-refractivity contribution in [3.05, 3.63) is 40.4 Å². The van der Waals surface area contributed by atoms with E-state index < -0.39 is 5.92 Å². The SMILES string of the molecule is COc1cc(OC)c(C2C(C#N)=C(N)N(c3nnc(SC(C)C)s3)C3=C2C(=O)CCC3)cc1OC. The Hall–Kier alpha value is -3.23. The lowest BCUT2D eigenvalue weighted by Crippen LogP contribution is -2.38. The summed E-state index contributed by atoms with van der Waals surface area (Å²) in [7, 11) is 4.60.